The molecule has 0 aliphatic carbocycles. The van der Waals surface area contributed by atoms with E-state index in [9.17, 15) is 9.59 Å². The summed E-state index contributed by atoms with van der Waals surface area (Å²) in [5, 5.41) is 3.37. The highest BCUT2D eigenvalue weighted by Gasteiger charge is 2.09. The largest absolute Gasteiger partial charge is 0.492 e. The number of hydrogen-bond donors (Lipinski definition) is 1. The fraction of sp³-hybridized carbons (Fsp3) is 0.222. The minimum Gasteiger partial charge on any atom is -0.492 e. The first kappa shape index (κ1) is 17.8. The topological polar surface area (TPSA) is 58.6 Å². The number of ketones is 1. The van der Waals surface area contributed by atoms with Crippen LogP contribution < -0.4 is 10.1 Å². The molecule has 6 heteroatoms. The standard InChI is InChI=1S/C18H19ClN2O3/c1-13(22)14-6-8-16(9-7-14)20-18(23)21(2)10-11-24-17-5-3-4-15(19)12-17/h3-9,12H,10-11H2,1-2H3,(H,20,23). The van der Waals surface area contributed by atoms with Gasteiger partial charge in [-0.15, -0.1) is 0 Å². The molecule has 0 saturated heterocycles. The lowest BCUT2D eigenvalue weighted by Crippen LogP contribution is -2.34. The Morgan fingerprint density at radius 3 is 2.50 bits per heavy atom. The van der Waals surface area contributed by atoms with Crippen molar-refractivity contribution in [3.63, 3.8) is 0 Å². The van der Waals surface area contributed by atoms with E-state index in [-0.39, 0.29) is 11.8 Å². The van der Waals surface area contributed by atoms with E-state index in [0.29, 0.717) is 35.2 Å². The Labute approximate surface area is 146 Å². The molecule has 5 nitrogen and oxygen atoms in total. The first-order chi connectivity index (χ1) is 11.5. The van der Waals surface area contributed by atoms with Crippen molar-refractivity contribution in [2.45, 2.75) is 6.92 Å². The number of benzene rings is 2. The summed E-state index contributed by atoms with van der Waals surface area (Å²) in [7, 11) is 1.68. The summed E-state index contributed by atoms with van der Waals surface area (Å²) in [4.78, 5) is 24.8. The van der Waals surface area contributed by atoms with Gasteiger partial charge in [-0.25, -0.2) is 4.79 Å². The summed E-state index contributed by atoms with van der Waals surface area (Å²) >= 11 is 5.88. The van der Waals surface area contributed by atoms with Crippen molar-refractivity contribution >= 4 is 29.1 Å². The molecule has 24 heavy (non-hydrogen) atoms. The van der Waals surface area contributed by atoms with E-state index in [1.807, 2.05) is 6.07 Å². The van der Waals surface area contributed by atoms with Crippen molar-refractivity contribution in [1.82, 2.24) is 4.90 Å². The van der Waals surface area contributed by atoms with Gasteiger partial charge in [-0.05, 0) is 49.4 Å². The smallest absolute Gasteiger partial charge is 0.321 e. The number of urea groups is 1. The lowest BCUT2D eigenvalue weighted by Gasteiger charge is -2.18. The molecule has 0 bridgehead atoms. The molecule has 2 rings (SSSR count). The SMILES string of the molecule is CC(=O)c1ccc(NC(=O)N(C)CCOc2cccc(Cl)c2)cc1. The van der Waals surface area contributed by atoms with Crippen LogP contribution in [0, 0.1) is 0 Å². The quantitative estimate of drug-likeness (QED) is 0.801. The average Bonchev–Trinajstić information content (AvgIpc) is 2.55. The van der Waals surface area contributed by atoms with E-state index in [1.54, 1.807) is 49.5 Å². The molecule has 1 N–H and O–H groups in total. The van der Waals surface area contributed by atoms with Gasteiger partial charge in [-0.3, -0.25) is 4.79 Å². The Hall–Kier alpha value is -2.53. The van der Waals surface area contributed by atoms with Gasteiger partial charge >= 0.3 is 6.03 Å². The van der Waals surface area contributed by atoms with Crippen LogP contribution in [0.5, 0.6) is 5.75 Å². The van der Waals surface area contributed by atoms with Crippen molar-refractivity contribution in [2.24, 2.45) is 0 Å². The Balaban J connectivity index is 1.80. The second-order valence-corrected chi connectivity index (χ2v) is 5.73. The Bertz CT molecular complexity index is 716. The number of carbonyl (C=O) groups is 2. The normalized spacial score (nSPS) is 10.1. The molecule has 0 radical (unpaired) electrons. The maximum atomic E-state index is 12.1. The highest BCUT2D eigenvalue weighted by Crippen LogP contribution is 2.17. The molecule has 2 aromatic rings. The Morgan fingerprint density at radius 1 is 1.17 bits per heavy atom. The lowest BCUT2D eigenvalue weighted by molar-refractivity contribution is 0.101. The number of Topliss-reactive ketones (excluding diaryl/α,β-unsaturated/α-hetero) is 1. The molecule has 126 valence electrons. The zero-order chi connectivity index (χ0) is 17.5. The van der Waals surface area contributed by atoms with Crippen molar-refractivity contribution < 1.29 is 14.3 Å². The molecule has 0 aromatic heterocycles. The van der Waals surface area contributed by atoms with E-state index in [4.69, 9.17) is 16.3 Å². The summed E-state index contributed by atoms with van der Waals surface area (Å²) in [6.07, 6.45) is 0. The van der Waals surface area contributed by atoms with Gasteiger partial charge in [-0.2, -0.15) is 0 Å². The van der Waals surface area contributed by atoms with Crippen LogP contribution in [0.1, 0.15) is 17.3 Å². The summed E-state index contributed by atoms with van der Waals surface area (Å²) < 4.78 is 5.56. The van der Waals surface area contributed by atoms with Gasteiger partial charge in [-0.1, -0.05) is 17.7 Å². The molecule has 0 unspecified atom stereocenters. The lowest BCUT2D eigenvalue weighted by atomic mass is 10.1. The van der Waals surface area contributed by atoms with E-state index in [1.165, 1.54) is 11.8 Å². The average molecular weight is 347 g/mol. The number of hydrogen-bond acceptors (Lipinski definition) is 3. The summed E-state index contributed by atoms with van der Waals surface area (Å²) in [6.45, 7) is 2.28. The molecule has 0 aliphatic heterocycles. The third-order valence-corrected chi connectivity index (χ3v) is 3.62. The van der Waals surface area contributed by atoms with Crippen LogP contribution in [-0.4, -0.2) is 36.9 Å². The molecule has 0 atom stereocenters. The van der Waals surface area contributed by atoms with Gasteiger partial charge in [0.15, 0.2) is 5.78 Å². The molecule has 0 fully saturated rings. The van der Waals surface area contributed by atoms with E-state index >= 15 is 0 Å². The number of nitrogens with one attached hydrogen (secondary N) is 1. The Morgan fingerprint density at radius 2 is 1.88 bits per heavy atom. The highest BCUT2D eigenvalue weighted by atomic mass is 35.5. The number of rotatable bonds is 6. The van der Waals surface area contributed by atoms with Crippen LogP contribution >= 0.6 is 11.6 Å². The van der Waals surface area contributed by atoms with Gasteiger partial charge < -0.3 is 15.0 Å². The van der Waals surface area contributed by atoms with Gasteiger partial charge in [0.05, 0.1) is 6.54 Å². The maximum Gasteiger partial charge on any atom is 0.321 e. The molecule has 0 saturated carbocycles. The fourth-order valence-corrected chi connectivity index (χ4v) is 2.15. The second kappa shape index (κ2) is 8.36. The number of carbonyl (C=O) groups excluding carboxylic acids is 2. The van der Waals surface area contributed by atoms with Crippen molar-refractivity contribution in [3.05, 3.63) is 59.1 Å². The summed E-state index contributed by atoms with van der Waals surface area (Å²) in [6, 6.07) is 13.6. The molecular weight excluding hydrogens is 328 g/mol. The number of likely N-dealkylation sites (N-methyl/N-ethyl adjacent to an activating group) is 1. The first-order valence-electron chi connectivity index (χ1n) is 7.47. The van der Waals surface area contributed by atoms with Gasteiger partial charge in [0.25, 0.3) is 0 Å². The minimum absolute atomic E-state index is 0.0110. The van der Waals surface area contributed by atoms with Crippen molar-refractivity contribution in [1.29, 1.82) is 0 Å². The minimum atomic E-state index is -0.250. The predicted molar refractivity (Wildman–Crippen MR) is 95.0 cm³/mol. The Kier molecular flexibility index (Phi) is 6.21. The molecule has 2 aromatic carbocycles. The first-order valence-corrected chi connectivity index (χ1v) is 7.85. The van der Waals surface area contributed by atoms with Gasteiger partial charge in [0.2, 0.25) is 0 Å². The second-order valence-electron chi connectivity index (χ2n) is 5.29. The zero-order valence-corrected chi connectivity index (χ0v) is 14.3. The van der Waals surface area contributed by atoms with Crippen LogP contribution in [0.3, 0.4) is 0 Å². The number of anilines is 1. The summed E-state index contributed by atoms with van der Waals surface area (Å²) in [5.41, 5.74) is 1.24. The molecular formula is C18H19ClN2O3. The molecule has 0 aliphatic rings. The summed E-state index contributed by atoms with van der Waals surface area (Å²) in [5.74, 6) is 0.652. The van der Waals surface area contributed by atoms with E-state index in [0.717, 1.165) is 0 Å². The van der Waals surface area contributed by atoms with Crippen LogP contribution in [0.2, 0.25) is 5.02 Å². The molecule has 2 amide bonds. The van der Waals surface area contributed by atoms with E-state index < -0.39 is 0 Å². The number of halogens is 1. The predicted octanol–water partition coefficient (Wildman–Crippen LogP) is 4.09. The van der Waals surface area contributed by atoms with Crippen molar-refractivity contribution in [2.75, 3.05) is 25.5 Å². The highest BCUT2D eigenvalue weighted by molar-refractivity contribution is 6.30. The monoisotopic (exact) mass is 346 g/mol. The third kappa shape index (κ3) is 5.28. The van der Waals surface area contributed by atoms with Gasteiger partial charge in [0, 0.05) is 23.3 Å². The number of amides is 2. The third-order valence-electron chi connectivity index (χ3n) is 3.38. The maximum absolute atomic E-state index is 12.1. The fourth-order valence-electron chi connectivity index (χ4n) is 1.97. The van der Waals surface area contributed by atoms with Gasteiger partial charge in [0.1, 0.15) is 12.4 Å². The van der Waals surface area contributed by atoms with Crippen LogP contribution in [0.15, 0.2) is 48.5 Å². The van der Waals surface area contributed by atoms with Crippen LogP contribution in [-0.2, 0) is 0 Å². The van der Waals surface area contributed by atoms with E-state index in [2.05, 4.69) is 5.32 Å². The van der Waals surface area contributed by atoms with Crippen LogP contribution in [0.25, 0.3) is 0 Å². The number of nitrogens with zero attached hydrogens (tertiary/aromatic N) is 1. The zero-order valence-electron chi connectivity index (χ0n) is 13.6. The number of ether oxygens (including phenoxy) is 1. The van der Waals surface area contributed by atoms with Crippen LogP contribution in [0.4, 0.5) is 10.5 Å². The molecule has 0 heterocycles. The molecule has 0 spiro atoms. The van der Waals surface area contributed by atoms with Crippen molar-refractivity contribution in [3.8, 4) is 5.75 Å².